The van der Waals surface area contributed by atoms with Crippen LogP contribution in [0.3, 0.4) is 0 Å². The zero-order valence-corrected chi connectivity index (χ0v) is 12.2. The third-order valence-corrected chi connectivity index (χ3v) is 3.83. The Kier molecular flexibility index (Phi) is 5.56. The molecule has 5 heteroatoms. The zero-order valence-electron chi connectivity index (χ0n) is 12.2. The van der Waals surface area contributed by atoms with Crippen LogP contribution in [0.1, 0.15) is 26.7 Å². The maximum Gasteiger partial charge on any atom is 0.238 e. The van der Waals surface area contributed by atoms with E-state index >= 15 is 0 Å². The molecule has 1 saturated heterocycles. The molecule has 1 fully saturated rings. The molecule has 0 aromatic rings. The average molecular weight is 256 g/mol. The first-order chi connectivity index (χ1) is 8.39. The summed E-state index contributed by atoms with van der Waals surface area (Å²) < 4.78 is 0. The number of amides is 1. The lowest BCUT2D eigenvalue weighted by Crippen LogP contribution is -2.59. The van der Waals surface area contributed by atoms with Crippen molar-refractivity contribution in [3.8, 4) is 0 Å². The summed E-state index contributed by atoms with van der Waals surface area (Å²) in [7, 11) is 4.22. The van der Waals surface area contributed by atoms with Crippen LogP contribution in [-0.2, 0) is 4.79 Å². The summed E-state index contributed by atoms with van der Waals surface area (Å²) in [6, 6.07) is 0.591. The number of carbonyl (C=O) groups is 1. The average Bonchev–Trinajstić information content (AvgIpc) is 2.74. The highest BCUT2D eigenvalue weighted by Crippen LogP contribution is 2.16. The summed E-state index contributed by atoms with van der Waals surface area (Å²) in [5.41, 5.74) is 4.93. The quantitative estimate of drug-likeness (QED) is 0.666. The summed E-state index contributed by atoms with van der Waals surface area (Å²) >= 11 is 0. The van der Waals surface area contributed by atoms with E-state index in [1.165, 1.54) is 0 Å². The molecule has 1 heterocycles. The second-order valence-corrected chi connectivity index (χ2v) is 5.76. The van der Waals surface area contributed by atoms with Crippen molar-refractivity contribution in [3.05, 3.63) is 0 Å². The molecule has 2 unspecified atom stereocenters. The summed E-state index contributed by atoms with van der Waals surface area (Å²) in [6.07, 6.45) is 2.17. The number of hydrogen-bond acceptors (Lipinski definition) is 4. The Labute approximate surface area is 111 Å². The lowest BCUT2D eigenvalue weighted by molar-refractivity contribution is -0.124. The topological polar surface area (TPSA) is 61.6 Å². The molecule has 1 aliphatic heterocycles. The molecule has 0 saturated carbocycles. The molecule has 0 aromatic heterocycles. The van der Waals surface area contributed by atoms with Gasteiger partial charge in [0.2, 0.25) is 5.91 Å². The van der Waals surface area contributed by atoms with Gasteiger partial charge in [-0.05, 0) is 47.0 Å². The molecule has 0 radical (unpaired) electrons. The number of carbonyl (C=O) groups excluding carboxylic acids is 1. The summed E-state index contributed by atoms with van der Waals surface area (Å²) in [4.78, 5) is 16.2. The monoisotopic (exact) mass is 256 g/mol. The van der Waals surface area contributed by atoms with E-state index in [9.17, 15) is 4.79 Å². The lowest BCUT2D eigenvalue weighted by Gasteiger charge is -2.32. The molecule has 3 N–H and O–H groups in total. The zero-order chi connectivity index (χ0) is 13.8. The van der Waals surface area contributed by atoms with Gasteiger partial charge in [-0.3, -0.25) is 9.69 Å². The van der Waals surface area contributed by atoms with Crippen molar-refractivity contribution in [2.24, 2.45) is 5.73 Å². The molecule has 0 aromatic carbocycles. The fourth-order valence-corrected chi connectivity index (χ4v) is 2.45. The number of rotatable bonds is 7. The van der Waals surface area contributed by atoms with Gasteiger partial charge in [0.15, 0.2) is 0 Å². The van der Waals surface area contributed by atoms with Crippen molar-refractivity contribution < 1.29 is 4.79 Å². The smallest absolute Gasteiger partial charge is 0.238 e. The normalized spacial score (nSPS) is 24.4. The molecule has 5 nitrogen and oxygen atoms in total. The number of nitrogens with one attached hydrogen (secondary N) is 1. The Bertz CT molecular complexity index is 282. The van der Waals surface area contributed by atoms with Crippen LogP contribution < -0.4 is 11.1 Å². The van der Waals surface area contributed by atoms with E-state index in [4.69, 9.17) is 5.73 Å². The van der Waals surface area contributed by atoms with Gasteiger partial charge in [-0.15, -0.1) is 0 Å². The van der Waals surface area contributed by atoms with Crippen LogP contribution in [0.2, 0.25) is 0 Å². The Balaban J connectivity index is 2.54. The lowest BCUT2D eigenvalue weighted by atomic mass is 10.0. The van der Waals surface area contributed by atoms with Gasteiger partial charge in [-0.2, -0.15) is 0 Å². The molecule has 106 valence electrons. The minimum Gasteiger partial charge on any atom is -0.368 e. The highest BCUT2D eigenvalue weighted by atomic mass is 16.1. The Hall–Kier alpha value is -0.650. The van der Waals surface area contributed by atoms with E-state index in [1.807, 2.05) is 6.92 Å². The molecule has 18 heavy (non-hydrogen) atoms. The van der Waals surface area contributed by atoms with E-state index in [0.29, 0.717) is 12.6 Å². The van der Waals surface area contributed by atoms with Crippen LogP contribution in [0.4, 0.5) is 0 Å². The second-order valence-electron chi connectivity index (χ2n) is 5.76. The van der Waals surface area contributed by atoms with Crippen LogP contribution >= 0.6 is 0 Å². The van der Waals surface area contributed by atoms with Crippen molar-refractivity contribution in [3.63, 3.8) is 0 Å². The fraction of sp³-hybridized carbons (Fsp3) is 0.923. The van der Waals surface area contributed by atoms with Gasteiger partial charge in [0.05, 0.1) is 0 Å². The molecule has 0 aliphatic carbocycles. The van der Waals surface area contributed by atoms with Crippen LogP contribution in [-0.4, -0.2) is 67.6 Å². The van der Waals surface area contributed by atoms with E-state index in [0.717, 1.165) is 32.5 Å². The predicted molar refractivity (Wildman–Crippen MR) is 74.4 cm³/mol. The Morgan fingerprint density at radius 1 is 1.56 bits per heavy atom. The van der Waals surface area contributed by atoms with Crippen molar-refractivity contribution >= 4 is 5.91 Å². The van der Waals surface area contributed by atoms with Crippen LogP contribution in [0, 0.1) is 0 Å². The van der Waals surface area contributed by atoms with Gasteiger partial charge >= 0.3 is 0 Å². The summed E-state index contributed by atoms with van der Waals surface area (Å²) in [5, 5.41) is 3.29. The number of likely N-dealkylation sites (N-methyl/N-ethyl adjacent to an activating group) is 1. The first kappa shape index (κ1) is 15.4. The molecule has 2 atom stereocenters. The summed E-state index contributed by atoms with van der Waals surface area (Å²) in [6.45, 7) is 7.58. The fourth-order valence-electron chi connectivity index (χ4n) is 2.45. The number of likely N-dealkylation sites (tertiary alicyclic amines) is 1. The van der Waals surface area contributed by atoms with Crippen molar-refractivity contribution in [2.75, 3.05) is 40.3 Å². The van der Waals surface area contributed by atoms with E-state index in [-0.39, 0.29) is 5.91 Å². The SMILES string of the molecule is CCCNC(C)(CN1CCC(N(C)C)C1)C(N)=O. The largest absolute Gasteiger partial charge is 0.368 e. The van der Waals surface area contributed by atoms with Gasteiger partial charge in [-0.25, -0.2) is 0 Å². The Morgan fingerprint density at radius 3 is 2.67 bits per heavy atom. The first-order valence-corrected chi connectivity index (χ1v) is 6.82. The van der Waals surface area contributed by atoms with Gasteiger partial charge in [0.25, 0.3) is 0 Å². The second kappa shape index (κ2) is 6.50. The molecular weight excluding hydrogens is 228 g/mol. The first-order valence-electron chi connectivity index (χ1n) is 6.82. The summed E-state index contributed by atoms with van der Waals surface area (Å²) in [5.74, 6) is -0.260. The third-order valence-electron chi connectivity index (χ3n) is 3.83. The van der Waals surface area contributed by atoms with Crippen LogP contribution in [0.25, 0.3) is 0 Å². The van der Waals surface area contributed by atoms with Crippen molar-refractivity contribution in [1.82, 2.24) is 15.1 Å². The minimum atomic E-state index is -0.614. The highest BCUT2D eigenvalue weighted by molar-refractivity contribution is 5.84. The highest BCUT2D eigenvalue weighted by Gasteiger charge is 2.35. The predicted octanol–water partition coefficient (Wildman–Crippen LogP) is -0.134. The standard InChI is InChI=1S/C13H28N4O/c1-5-7-15-13(2,12(14)18)10-17-8-6-11(9-17)16(3)4/h11,15H,5-10H2,1-4H3,(H2,14,18). The number of nitrogens with zero attached hydrogens (tertiary/aromatic N) is 2. The van der Waals surface area contributed by atoms with Crippen LogP contribution in [0.5, 0.6) is 0 Å². The maximum atomic E-state index is 11.7. The third kappa shape index (κ3) is 3.93. The molecule has 0 spiro atoms. The van der Waals surface area contributed by atoms with Crippen molar-refractivity contribution in [1.29, 1.82) is 0 Å². The van der Waals surface area contributed by atoms with Crippen molar-refractivity contribution in [2.45, 2.75) is 38.3 Å². The van der Waals surface area contributed by atoms with Gasteiger partial charge in [0.1, 0.15) is 5.54 Å². The van der Waals surface area contributed by atoms with Gasteiger partial charge < -0.3 is 16.0 Å². The molecule has 1 amide bonds. The molecule has 1 rings (SSSR count). The van der Waals surface area contributed by atoms with E-state index in [1.54, 1.807) is 0 Å². The number of primary amides is 1. The number of nitrogens with two attached hydrogens (primary N) is 1. The van der Waals surface area contributed by atoms with Crippen LogP contribution in [0.15, 0.2) is 0 Å². The molecule has 0 bridgehead atoms. The Morgan fingerprint density at radius 2 is 2.22 bits per heavy atom. The number of hydrogen-bond donors (Lipinski definition) is 2. The van der Waals surface area contributed by atoms with Gasteiger partial charge in [-0.1, -0.05) is 6.92 Å². The molecular formula is C13H28N4O. The van der Waals surface area contributed by atoms with E-state index in [2.05, 4.69) is 36.1 Å². The van der Waals surface area contributed by atoms with E-state index < -0.39 is 5.54 Å². The van der Waals surface area contributed by atoms with Gasteiger partial charge in [0, 0.05) is 19.1 Å². The minimum absolute atomic E-state index is 0.260. The maximum absolute atomic E-state index is 11.7. The molecule has 1 aliphatic rings.